The smallest absolute Gasteiger partial charge is 0.146 e. The minimum atomic E-state index is 0.607. The Bertz CT molecular complexity index is 2380. The number of para-hydroxylation sites is 2. The Hall–Kier alpha value is -6.24. The van der Waals surface area contributed by atoms with E-state index < -0.39 is 0 Å². The first kappa shape index (κ1) is 23.6. The zero-order valence-electron chi connectivity index (χ0n) is 22.2. The first-order valence-electron chi connectivity index (χ1n) is 13.5. The molecular weight excluding hydrogens is 516 g/mol. The number of nitrogens with zero attached hydrogens (tertiary/aromatic N) is 6. The molecule has 0 saturated carbocycles. The minimum absolute atomic E-state index is 0.607. The summed E-state index contributed by atoms with van der Waals surface area (Å²) in [6.45, 7) is 0. The molecule has 4 aromatic heterocycles. The maximum Gasteiger partial charge on any atom is 0.146 e. The van der Waals surface area contributed by atoms with Gasteiger partial charge in [0.2, 0.25) is 0 Å². The summed E-state index contributed by atoms with van der Waals surface area (Å²) >= 11 is 0. The summed E-state index contributed by atoms with van der Waals surface area (Å²) in [6, 6.07) is 42.6. The van der Waals surface area contributed by atoms with Gasteiger partial charge < -0.3 is 0 Å². The van der Waals surface area contributed by atoms with Crippen molar-refractivity contribution in [2.75, 3.05) is 0 Å². The molecule has 8 rings (SSSR count). The van der Waals surface area contributed by atoms with Gasteiger partial charge in [-0.3, -0.25) is 9.13 Å². The van der Waals surface area contributed by atoms with Gasteiger partial charge >= 0.3 is 0 Å². The summed E-state index contributed by atoms with van der Waals surface area (Å²) in [5, 5.41) is 23.2. The Morgan fingerprint density at radius 2 is 1.10 bits per heavy atom. The first-order chi connectivity index (χ1) is 20.7. The van der Waals surface area contributed by atoms with Gasteiger partial charge in [-0.25, -0.2) is 9.97 Å². The van der Waals surface area contributed by atoms with Crippen LogP contribution in [0.4, 0.5) is 0 Å². The van der Waals surface area contributed by atoms with Gasteiger partial charge in [0, 0.05) is 27.7 Å². The lowest BCUT2D eigenvalue weighted by molar-refractivity contribution is 1.00. The van der Waals surface area contributed by atoms with E-state index in [1.807, 2.05) is 79.0 Å². The molecule has 6 nitrogen and oxygen atoms in total. The number of hydrogen-bond acceptors (Lipinski definition) is 4. The summed E-state index contributed by atoms with van der Waals surface area (Å²) in [7, 11) is 0. The Balaban J connectivity index is 1.49. The number of hydrogen-bond donors (Lipinski definition) is 0. The molecule has 0 unspecified atom stereocenters. The van der Waals surface area contributed by atoms with Crippen LogP contribution in [0.1, 0.15) is 11.1 Å². The van der Waals surface area contributed by atoms with E-state index in [9.17, 15) is 10.5 Å². The van der Waals surface area contributed by atoms with Gasteiger partial charge in [-0.1, -0.05) is 48.5 Å². The molecule has 0 N–H and O–H groups in total. The van der Waals surface area contributed by atoms with E-state index >= 15 is 0 Å². The molecule has 0 atom stereocenters. The van der Waals surface area contributed by atoms with Crippen LogP contribution in [0.5, 0.6) is 0 Å². The topological polar surface area (TPSA) is 83.2 Å². The maximum atomic E-state index is 9.61. The van der Waals surface area contributed by atoms with Gasteiger partial charge in [-0.2, -0.15) is 10.5 Å². The van der Waals surface area contributed by atoms with Gasteiger partial charge in [0.25, 0.3) is 0 Å². The third-order valence-electron chi connectivity index (χ3n) is 7.84. The summed E-state index contributed by atoms with van der Waals surface area (Å²) in [5.41, 5.74) is 6.96. The fourth-order valence-electron chi connectivity index (χ4n) is 5.95. The molecule has 0 bridgehead atoms. The maximum absolute atomic E-state index is 9.61. The van der Waals surface area contributed by atoms with Crippen molar-refractivity contribution in [3.8, 4) is 34.9 Å². The van der Waals surface area contributed by atoms with Crippen molar-refractivity contribution in [2.24, 2.45) is 0 Å². The van der Waals surface area contributed by atoms with E-state index in [4.69, 9.17) is 9.97 Å². The van der Waals surface area contributed by atoms with Crippen LogP contribution >= 0.6 is 0 Å². The van der Waals surface area contributed by atoms with Crippen molar-refractivity contribution >= 4 is 43.7 Å². The van der Waals surface area contributed by atoms with Crippen LogP contribution in [-0.2, 0) is 0 Å². The quantitative estimate of drug-likeness (QED) is 0.228. The molecule has 4 heterocycles. The molecule has 6 heteroatoms. The van der Waals surface area contributed by atoms with Gasteiger partial charge in [-0.05, 0) is 77.9 Å². The van der Waals surface area contributed by atoms with Crippen LogP contribution in [0.25, 0.3) is 66.5 Å². The Labute approximate surface area is 240 Å². The van der Waals surface area contributed by atoms with Crippen LogP contribution in [0, 0.1) is 22.7 Å². The lowest BCUT2D eigenvalue weighted by Crippen LogP contribution is -2.05. The molecule has 0 aliphatic heterocycles. The van der Waals surface area contributed by atoms with Gasteiger partial charge in [0.1, 0.15) is 17.3 Å². The van der Waals surface area contributed by atoms with Gasteiger partial charge in [0.15, 0.2) is 0 Å². The summed E-state index contributed by atoms with van der Waals surface area (Å²) < 4.78 is 4.27. The van der Waals surface area contributed by atoms with Crippen molar-refractivity contribution in [1.82, 2.24) is 19.1 Å². The second-order valence-electron chi connectivity index (χ2n) is 10.2. The van der Waals surface area contributed by atoms with E-state index in [1.54, 1.807) is 0 Å². The molecule has 0 radical (unpaired) electrons. The highest BCUT2D eigenvalue weighted by molar-refractivity contribution is 6.10. The lowest BCUT2D eigenvalue weighted by Gasteiger charge is -2.14. The molecule has 0 spiro atoms. The zero-order valence-corrected chi connectivity index (χ0v) is 22.2. The predicted molar refractivity (Wildman–Crippen MR) is 166 cm³/mol. The lowest BCUT2D eigenvalue weighted by atomic mass is 10.0. The Morgan fingerprint density at radius 3 is 1.83 bits per heavy atom. The number of rotatable bonds is 3. The first-order valence-corrected chi connectivity index (χ1v) is 13.5. The van der Waals surface area contributed by atoms with Crippen molar-refractivity contribution in [3.05, 3.63) is 133 Å². The van der Waals surface area contributed by atoms with Crippen LogP contribution in [-0.4, -0.2) is 19.1 Å². The number of benzene rings is 4. The number of nitriles is 2. The Kier molecular flexibility index (Phi) is 5.15. The highest BCUT2D eigenvalue weighted by atomic mass is 15.2. The van der Waals surface area contributed by atoms with Crippen LogP contribution in [0.2, 0.25) is 0 Å². The van der Waals surface area contributed by atoms with Crippen LogP contribution < -0.4 is 0 Å². The van der Waals surface area contributed by atoms with Crippen molar-refractivity contribution < 1.29 is 0 Å². The molecule has 4 aromatic carbocycles. The molecule has 0 amide bonds. The van der Waals surface area contributed by atoms with Crippen molar-refractivity contribution in [1.29, 1.82) is 10.5 Å². The SMILES string of the molecule is N#Cc1ccc(-c2cc(-n3c4ccccc4c4cc(C#N)ccc43)nc(-n3c4ccccc4c4cccnc43)c2)cc1. The molecule has 0 aliphatic carbocycles. The van der Waals surface area contributed by atoms with E-state index in [0.29, 0.717) is 11.1 Å². The molecule has 0 fully saturated rings. The second kappa shape index (κ2) is 9.16. The fraction of sp³-hybridized carbons (Fsp3) is 0. The fourth-order valence-corrected chi connectivity index (χ4v) is 5.95. The monoisotopic (exact) mass is 536 g/mol. The molecule has 42 heavy (non-hydrogen) atoms. The number of aromatic nitrogens is 4. The van der Waals surface area contributed by atoms with E-state index in [-0.39, 0.29) is 0 Å². The molecule has 0 saturated heterocycles. The standard InChI is InChI=1S/C36H20N6/c37-21-23-11-14-25(15-12-23)26-19-34(41-31-9-3-2-7-28(31)30-18-24(22-38)13-16-33(30)41)40-35(20-26)42-32-10-4-1-6-27(32)29-8-5-17-39-36(29)42/h1-20H. The average molecular weight is 537 g/mol. The van der Waals surface area contributed by atoms with Crippen LogP contribution in [0.15, 0.2) is 121 Å². The zero-order chi connectivity index (χ0) is 28.2. The van der Waals surface area contributed by atoms with E-state index in [1.165, 1.54) is 0 Å². The van der Waals surface area contributed by atoms with Crippen molar-refractivity contribution in [3.63, 3.8) is 0 Å². The highest BCUT2D eigenvalue weighted by Gasteiger charge is 2.19. The molecule has 8 aromatic rings. The van der Waals surface area contributed by atoms with E-state index in [2.05, 4.69) is 63.7 Å². The van der Waals surface area contributed by atoms with Gasteiger partial charge in [-0.15, -0.1) is 0 Å². The second-order valence-corrected chi connectivity index (χ2v) is 10.2. The molecular formula is C36H20N6. The van der Waals surface area contributed by atoms with Gasteiger partial charge in [0.05, 0.1) is 39.8 Å². The van der Waals surface area contributed by atoms with Crippen molar-refractivity contribution in [2.45, 2.75) is 0 Å². The summed E-state index contributed by atoms with van der Waals surface area (Å²) in [4.78, 5) is 10.1. The average Bonchev–Trinajstić information content (AvgIpc) is 3.57. The largest absolute Gasteiger partial charge is 0.294 e. The molecule has 194 valence electrons. The van der Waals surface area contributed by atoms with Crippen LogP contribution in [0.3, 0.4) is 0 Å². The predicted octanol–water partition coefficient (Wildman–Crippen LogP) is 8.08. The summed E-state index contributed by atoms with van der Waals surface area (Å²) in [6.07, 6.45) is 1.81. The van der Waals surface area contributed by atoms with E-state index in [0.717, 1.165) is 66.5 Å². The minimum Gasteiger partial charge on any atom is -0.294 e. The number of pyridine rings is 2. The highest BCUT2D eigenvalue weighted by Crippen LogP contribution is 2.36. The Morgan fingerprint density at radius 1 is 0.500 bits per heavy atom. The summed E-state index contributed by atoms with van der Waals surface area (Å²) in [5.74, 6) is 1.47. The third-order valence-corrected chi connectivity index (χ3v) is 7.84. The number of fused-ring (bicyclic) bond motifs is 6. The normalized spacial score (nSPS) is 11.3. The third kappa shape index (κ3) is 3.50. The molecule has 0 aliphatic rings.